The molecule has 0 radical (unpaired) electrons. The standard InChI is InChI=1S/C16H24N2S/c1-12-11-19-8-7-18(12)16(10-17)15-4-2-3-14(9-15)13-5-6-13/h2-4,9,12-13,16H,5-8,10-11,17H2,1H3. The van der Waals surface area contributed by atoms with E-state index in [2.05, 4.69) is 47.9 Å². The minimum atomic E-state index is 0.398. The van der Waals surface area contributed by atoms with Crippen molar-refractivity contribution in [2.75, 3.05) is 24.6 Å². The number of benzene rings is 1. The van der Waals surface area contributed by atoms with Crippen molar-refractivity contribution < 1.29 is 0 Å². The highest BCUT2D eigenvalue weighted by molar-refractivity contribution is 7.99. The van der Waals surface area contributed by atoms with Crippen molar-refractivity contribution in [3.05, 3.63) is 35.4 Å². The third kappa shape index (κ3) is 2.99. The summed E-state index contributed by atoms with van der Waals surface area (Å²) in [7, 11) is 0. The molecule has 104 valence electrons. The summed E-state index contributed by atoms with van der Waals surface area (Å²) in [4.78, 5) is 2.60. The summed E-state index contributed by atoms with van der Waals surface area (Å²) in [5.41, 5.74) is 9.04. The summed E-state index contributed by atoms with van der Waals surface area (Å²) in [6.45, 7) is 4.23. The molecule has 2 fully saturated rings. The Bertz CT molecular complexity index is 431. The smallest absolute Gasteiger partial charge is 0.0474 e. The van der Waals surface area contributed by atoms with Crippen molar-refractivity contribution >= 4 is 11.8 Å². The van der Waals surface area contributed by atoms with Gasteiger partial charge >= 0.3 is 0 Å². The summed E-state index contributed by atoms with van der Waals surface area (Å²) in [6.07, 6.45) is 2.74. The van der Waals surface area contributed by atoms with Crippen molar-refractivity contribution in [1.29, 1.82) is 0 Å². The van der Waals surface area contributed by atoms with Gasteiger partial charge in [0.25, 0.3) is 0 Å². The molecule has 1 saturated heterocycles. The summed E-state index contributed by atoms with van der Waals surface area (Å²) >= 11 is 2.07. The molecule has 1 aliphatic carbocycles. The SMILES string of the molecule is CC1CSCCN1C(CN)c1cccc(C2CC2)c1. The van der Waals surface area contributed by atoms with Crippen LogP contribution in [-0.2, 0) is 0 Å². The van der Waals surface area contributed by atoms with Gasteiger partial charge in [-0.2, -0.15) is 11.8 Å². The molecular formula is C16H24N2S. The van der Waals surface area contributed by atoms with E-state index in [-0.39, 0.29) is 0 Å². The highest BCUT2D eigenvalue weighted by Gasteiger charge is 2.28. The Morgan fingerprint density at radius 1 is 1.42 bits per heavy atom. The van der Waals surface area contributed by atoms with Crippen molar-refractivity contribution in [1.82, 2.24) is 4.90 Å². The molecule has 0 bridgehead atoms. The van der Waals surface area contributed by atoms with Crippen LogP contribution in [0, 0.1) is 0 Å². The topological polar surface area (TPSA) is 29.3 Å². The molecule has 2 nitrogen and oxygen atoms in total. The van der Waals surface area contributed by atoms with Crippen molar-refractivity contribution in [3.63, 3.8) is 0 Å². The molecule has 2 unspecified atom stereocenters. The van der Waals surface area contributed by atoms with E-state index in [0.29, 0.717) is 12.1 Å². The van der Waals surface area contributed by atoms with E-state index in [4.69, 9.17) is 5.73 Å². The molecule has 3 heteroatoms. The van der Waals surface area contributed by atoms with Gasteiger partial charge in [0.05, 0.1) is 0 Å². The second-order valence-electron chi connectivity index (χ2n) is 5.86. The largest absolute Gasteiger partial charge is 0.329 e. The number of hydrogen-bond acceptors (Lipinski definition) is 3. The zero-order chi connectivity index (χ0) is 13.2. The van der Waals surface area contributed by atoms with Crippen LogP contribution in [-0.4, -0.2) is 35.5 Å². The van der Waals surface area contributed by atoms with Gasteiger partial charge in [-0.1, -0.05) is 24.3 Å². The predicted molar refractivity (Wildman–Crippen MR) is 83.7 cm³/mol. The van der Waals surface area contributed by atoms with Gasteiger partial charge < -0.3 is 5.73 Å². The van der Waals surface area contributed by atoms with E-state index < -0.39 is 0 Å². The van der Waals surface area contributed by atoms with Crippen LogP contribution in [0.4, 0.5) is 0 Å². The third-order valence-corrected chi connectivity index (χ3v) is 5.58. The first-order chi connectivity index (χ1) is 9.29. The fraction of sp³-hybridized carbons (Fsp3) is 0.625. The molecule has 3 rings (SSSR count). The molecular weight excluding hydrogens is 252 g/mol. The first kappa shape index (κ1) is 13.5. The fourth-order valence-electron chi connectivity index (χ4n) is 3.10. The number of nitrogens with two attached hydrogens (primary N) is 1. The molecule has 1 aliphatic heterocycles. The van der Waals surface area contributed by atoms with Crippen molar-refractivity contribution in [2.45, 2.75) is 37.8 Å². The van der Waals surface area contributed by atoms with Crippen LogP contribution in [0.2, 0.25) is 0 Å². The first-order valence-electron chi connectivity index (χ1n) is 7.43. The average molecular weight is 276 g/mol. The zero-order valence-electron chi connectivity index (χ0n) is 11.7. The minimum absolute atomic E-state index is 0.398. The van der Waals surface area contributed by atoms with E-state index in [1.165, 1.54) is 42.0 Å². The van der Waals surface area contributed by atoms with E-state index in [9.17, 15) is 0 Å². The Labute approximate surface area is 120 Å². The summed E-state index contributed by atoms with van der Waals surface area (Å²) in [5.74, 6) is 3.30. The van der Waals surface area contributed by atoms with Gasteiger partial charge in [-0.3, -0.25) is 4.90 Å². The molecule has 1 aromatic rings. The Morgan fingerprint density at radius 3 is 2.95 bits per heavy atom. The van der Waals surface area contributed by atoms with Gasteiger partial charge in [-0.15, -0.1) is 0 Å². The van der Waals surface area contributed by atoms with Crippen molar-refractivity contribution in [2.24, 2.45) is 5.73 Å². The predicted octanol–water partition coefficient (Wildman–Crippen LogP) is 3.00. The van der Waals surface area contributed by atoms with Crippen molar-refractivity contribution in [3.8, 4) is 0 Å². The zero-order valence-corrected chi connectivity index (χ0v) is 12.5. The van der Waals surface area contributed by atoms with Gasteiger partial charge in [0.1, 0.15) is 0 Å². The number of thioether (sulfide) groups is 1. The number of nitrogens with zero attached hydrogens (tertiary/aromatic N) is 1. The number of rotatable bonds is 4. The Balaban J connectivity index is 1.82. The quantitative estimate of drug-likeness (QED) is 0.916. The first-order valence-corrected chi connectivity index (χ1v) is 8.58. The second kappa shape index (κ2) is 5.86. The molecule has 1 aromatic carbocycles. The van der Waals surface area contributed by atoms with Gasteiger partial charge in [0, 0.05) is 36.7 Å². The highest BCUT2D eigenvalue weighted by Crippen LogP contribution is 2.41. The lowest BCUT2D eigenvalue weighted by molar-refractivity contribution is 0.166. The van der Waals surface area contributed by atoms with E-state index in [1.54, 1.807) is 0 Å². The van der Waals surface area contributed by atoms with Gasteiger partial charge in [-0.25, -0.2) is 0 Å². The normalized spacial score (nSPS) is 26.3. The van der Waals surface area contributed by atoms with Crippen LogP contribution in [0.3, 0.4) is 0 Å². The molecule has 2 N–H and O–H groups in total. The van der Waals surface area contributed by atoms with Crippen LogP contribution in [0.1, 0.15) is 42.9 Å². The van der Waals surface area contributed by atoms with Crippen LogP contribution in [0.25, 0.3) is 0 Å². The Hall–Kier alpha value is -0.510. The molecule has 1 saturated carbocycles. The average Bonchev–Trinajstić information content (AvgIpc) is 3.27. The second-order valence-corrected chi connectivity index (χ2v) is 7.01. The molecule has 2 aliphatic rings. The van der Waals surface area contributed by atoms with Crippen LogP contribution in [0.5, 0.6) is 0 Å². The maximum atomic E-state index is 6.09. The van der Waals surface area contributed by atoms with Crippen LogP contribution >= 0.6 is 11.8 Å². The maximum absolute atomic E-state index is 6.09. The maximum Gasteiger partial charge on any atom is 0.0474 e. The Kier molecular flexibility index (Phi) is 4.15. The monoisotopic (exact) mass is 276 g/mol. The highest BCUT2D eigenvalue weighted by atomic mass is 32.2. The van der Waals surface area contributed by atoms with Crippen LogP contribution < -0.4 is 5.73 Å². The van der Waals surface area contributed by atoms with Gasteiger partial charge in [-0.05, 0) is 36.8 Å². The molecule has 2 atom stereocenters. The van der Waals surface area contributed by atoms with E-state index >= 15 is 0 Å². The molecule has 19 heavy (non-hydrogen) atoms. The van der Waals surface area contributed by atoms with E-state index in [1.807, 2.05) is 0 Å². The lowest BCUT2D eigenvalue weighted by Gasteiger charge is -2.39. The number of hydrogen-bond donors (Lipinski definition) is 1. The van der Waals surface area contributed by atoms with Crippen LogP contribution in [0.15, 0.2) is 24.3 Å². The molecule has 0 spiro atoms. The minimum Gasteiger partial charge on any atom is -0.329 e. The third-order valence-electron chi connectivity index (χ3n) is 4.39. The van der Waals surface area contributed by atoms with Gasteiger partial charge in [0.15, 0.2) is 0 Å². The van der Waals surface area contributed by atoms with E-state index in [0.717, 1.165) is 12.5 Å². The molecule has 1 heterocycles. The lowest BCUT2D eigenvalue weighted by atomic mass is 9.99. The summed E-state index contributed by atoms with van der Waals surface area (Å²) in [5, 5.41) is 0. The van der Waals surface area contributed by atoms with Gasteiger partial charge in [0.2, 0.25) is 0 Å². The Morgan fingerprint density at radius 2 is 2.26 bits per heavy atom. The lowest BCUT2D eigenvalue weighted by Crippen LogP contribution is -2.45. The molecule has 0 amide bonds. The fourth-order valence-corrected chi connectivity index (χ4v) is 4.14. The summed E-state index contributed by atoms with van der Waals surface area (Å²) in [6, 6.07) is 10.2. The summed E-state index contributed by atoms with van der Waals surface area (Å²) < 4.78 is 0. The molecule has 0 aromatic heterocycles.